The van der Waals surface area contributed by atoms with Gasteiger partial charge in [0.2, 0.25) is 0 Å². The van der Waals surface area contributed by atoms with Crippen LogP contribution in [0.1, 0.15) is 12.0 Å². The molecular formula is C20H33N3O2. The summed E-state index contributed by atoms with van der Waals surface area (Å²) in [4.78, 5) is 7.18. The van der Waals surface area contributed by atoms with Crippen LogP contribution in [0, 0.1) is 5.92 Å². The van der Waals surface area contributed by atoms with Crippen molar-refractivity contribution in [3.05, 3.63) is 35.9 Å². The van der Waals surface area contributed by atoms with Gasteiger partial charge in [-0.2, -0.15) is 0 Å². The van der Waals surface area contributed by atoms with Crippen LogP contribution >= 0.6 is 0 Å². The summed E-state index contributed by atoms with van der Waals surface area (Å²) in [6, 6.07) is 10.5. The predicted molar refractivity (Wildman–Crippen MR) is 101 cm³/mol. The lowest BCUT2D eigenvalue weighted by molar-refractivity contribution is 0.0306. The zero-order valence-corrected chi connectivity index (χ0v) is 15.5. The number of rotatable bonds is 8. The van der Waals surface area contributed by atoms with Crippen LogP contribution in [0.15, 0.2) is 30.3 Å². The standard InChI is InChI=1S/C20H33N3O2/c1-21(13-18-5-3-2-4-6-18)16-20(24)17-23-8-7-19(15-23)14-22-9-11-25-12-10-22/h2-6,19-20,24H,7-17H2,1H3. The maximum atomic E-state index is 10.5. The SMILES string of the molecule is CN(Cc1ccccc1)CC(O)CN1CCC(CN2CCOCC2)C1. The summed E-state index contributed by atoms with van der Waals surface area (Å²) in [7, 11) is 2.08. The van der Waals surface area contributed by atoms with Crippen LogP contribution in [-0.4, -0.2) is 92.0 Å². The number of likely N-dealkylation sites (tertiary alicyclic amines) is 1. The van der Waals surface area contributed by atoms with Crippen molar-refractivity contribution in [3.63, 3.8) is 0 Å². The summed E-state index contributed by atoms with van der Waals surface area (Å²) in [6.45, 7) is 9.73. The van der Waals surface area contributed by atoms with E-state index in [-0.39, 0.29) is 6.10 Å². The molecule has 0 spiro atoms. The molecule has 2 aliphatic heterocycles. The molecule has 2 unspecified atom stereocenters. The van der Waals surface area contributed by atoms with Crippen LogP contribution in [0.5, 0.6) is 0 Å². The molecule has 1 N–H and O–H groups in total. The fraction of sp³-hybridized carbons (Fsp3) is 0.700. The Hall–Kier alpha value is -0.980. The number of β-amino-alcohol motifs (C(OH)–C–C–N with tert-alkyl or cyclic N) is 1. The van der Waals surface area contributed by atoms with Crippen LogP contribution in [0.3, 0.4) is 0 Å². The van der Waals surface area contributed by atoms with E-state index in [9.17, 15) is 5.11 Å². The summed E-state index contributed by atoms with van der Waals surface area (Å²) in [5.41, 5.74) is 1.30. The van der Waals surface area contributed by atoms with Crippen LogP contribution < -0.4 is 0 Å². The Kier molecular flexibility index (Phi) is 7.25. The van der Waals surface area contributed by atoms with E-state index >= 15 is 0 Å². The van der Waals surface area contributed by atoms with E-state index in [1.165, 1.54) is 18.5 Å². The highest BCUT2D eigenvalue weighted by atomic mass is 16.5. The first kappa shape index (κ1) is 18.8. The number of likely N-dealkylation sites (N-methyl/N-ethyl adjacent to an activating group) is 1. The quantitative estimate of drug-likeness (QED) is 0.763. The Labute approximate surface area is 152 Å². The Morgan fingerprint density at radius 2 is 1.92 bits per heavy atom. The fourth-order valence-electron chi connectivity index (χ4n) is 4.05. The first-order valence-electron chi connectivity index (χ1n) is 9.62. The lowest BCUT2D eigenvalue weighted by Gasteiger charge is -2.29. The van der Waals surface area contributed by atoms with Gasteiger partial charge in [0.1, 0.15) is 0 Å². The minimum atomic E-state index is -0.282. The molecule has 25 heavy (non-hydrogen) atoms. The van der Waals surface area contributed by atoms with E-state index in [0.717, 1.165) is 64.9 Å². The zero-order chi connectivity index (χ0) is 17.5. The second-order valence-electron chi connectivity index (χ2n) is 7.66. The Balaban J connectivity index is 1.34. The molecule has 0 aromatic heterocycles. The Morgan fingerprint density at radius 3 is 2.68 bits per heavy atom. The van der Waals surface area contributed by atoms with Gasteiger partial charge >= 0.3 is 0 Å². The fourth-order valence-corrected chi connectivity index (χ4v) is 4.05. The molecule has 2 heterocycles. The van der Waals surface area contributed by atoms with Crippen molar-refractivity contribution in [1.29, 1.82) is 0 Å². The molecule has 3 rings (SSSR count). The van der Waals surface area contributed by atoms with Crippen LogP contribution in [0.4, 0.5) is 0 Å². The summed E-state index contributed by atoms with van der Waals surface area (Å²) >= 11 is 0. The summed E-state index contributed by atoms with van der Waals surface area (Å²) in [5.74, 6) is 0.743. The molecule has 2 saturated heterocycles. The van der Waals surface area contributed by atoms with E-state index in [2.05, 4.69) is 46.0 Å². The molecule has 0 aliphatic carbocycles. The summed E-state index contributed by atoms with van der Waals surface area (Å²) in [5, 5.41) is 10.5. The molecule has 0 bridgehead atoms. The van der Waals surface area contributed by atoms with Crippen LogP contribution in [0.25, 0.3) is 0 Å². The van der Waals surface area contributed by atoms with Crippen molar-refractivity contribution in [3.8, 4) is 0 Å². The third-order valence-electron chi connectivity index (χ3n) is 5.28. The summed E-state index contributed by atoms with van der Waals surface area (Å²) in [6.07, 6.45) is 0.972. The molecule has 140 valence electrons. The number of morpholine rings is 1. The van der Waals surface area contributed by atoms with Gasteiger partial charge in [0.15, 0.2) is 0 Å². The van der Waals surface area contributed by atoms with Gasteiger partial charge in [-0.15, -0.1) is 0 Å². The molecule has 2 atom stereocenters. The third kappa shape index (κ3) is 6.35. The monoisotopic (exact) mass is 347 g/mol. The largest absolute Gasteiger partial charge is 0.390 e. The van der Waals surface area contributed by atoms with Crippen LogP contribution in [0.2, 0.25) is 0 Å². The molecular weight excluding hydrogens is 314 g/mol. The molecule has 0 radical (unpaired) electrons. The van der Waals surface area contributed by atoms with Gasteiger partial charge in [-0.25, -0.2) is 0 Å². The van der Waals surface area contributed by atoms with Crippen molar-refractivity contribution in [2.24, 2.45) is 5.92 Å². The highest BCUT2D eigenvalue weighted by Crippen LogP contribution is 2.18. The van der Waals surface area contributed by atoms with Crippen molar-refractivity contribution in [2.75, 3.05) is 66.1 Å². The molecule has 0 amide bonds. The maximum absolute atomic E-state index is 10.5. The number of ether oxygens (including phenoxy) is 1. The van der Waals surface area contributed by atoms with Crippen molar-refractivity contribution >= 4 is 0 Å². The Bertz CT molecular complexity index is 493. The molecule has 1 aromatic rings. The number of aliphatic hydroxyl groups is 1. The first-order chi connectivity index (χ1) is 12.2. The highest BCUT2D eigenvalue weighted by molar-refractivity contribution is 5.14. The van der Waals surface area contributed by atoms with E-state index < -0.39 is 0 Å². The minimum absolute atomic E-state index is 0.282. The number of nitrogens with zero attached hydrogens (tertiary/aromatic N) is 3. The van der Waals surface area contributed by atoms with Gasteiger partial charge in [0.05, 0.1) is 19.3 Å². The van der Waals surface area contributed by atoms with Gasteiger partial charge < -0.3 is 14.7 Å². The van der Waals surface area contributed by atoms with Crippen LogP contribution in [-0.2, 0) is 11.3 Å². The number of hydrogen-bond acceptors (Lipinski definition) is 5. The molecule has 2 aliphatic rings. The van der Waals surface area contributed by atoms with Gasteiger partial charge in [-0.1, -0.05) is 30.3 Å². The van der Waals surface area contributed by atoms with Gasteiger partial charge in [0, 0.05) is 45.8 Å². The maximum Gasteiger partial charge on any atom is 0.0793 e. The first-order valence-corrected chi connectivity index (χ1v) is 9.62. The topological polar surface area (TPSA) is 39.2 Å². The van der Waals surface area contributed by atoms with E-state index in [0.29, 0.717) is 0 Å². The average Bonchev–Trinajstić information content (AvgIpc) is 3.03. The van der Waals surface area contributed by atoms with Crippen molar-refractivity contribution in [2.45, 2.75) is 19.1 Å². The predicted octanol–water partition coefficient (Wildman–Crippen LogP) is 1.13. The van der Waals surface area contributed by atoms with Crippen molar-refractivity contribution < 1.29 is 9.84 Å². The normalized spacial score (nSPS) is 24.0. The lowest BCUT2D eigenvalue weighted by atomic mass is 10.1. The molecule has 5 heteroatoms. The minimum Gasteiger partial charge on any atom is -0.390 e. The third-order valence-corrected chi connectivity index (χ3v) is 5.28. The molecule has 1 aromatic carbocycles. The second-order valence-corrected chi connectivity index (χ2v) is 7.66. The van der Waals surface area contributed by atoms with Crippen molar-refractivity contribution in [1.82, 2.24) is 14.7 Å². The lowest BCUT2D eigenvalue weighted by Crippen LogP contribution is -2.41. The summed E-state index contributed by atoms with van der Waals surface area (Å²) < 4.78 is 5.43. The molecule has 2 fully saturated rings. The number of hydrogen-bond donors (Lipinski definition) is 1. The Morgan fingerprint density at radius 1 is 1.16 bits per heavy atom. The van der Waals surface area contributed by atoms with E-state index in [4.69, 9.17) is 4.74 Å². The zero-order valence-electron chi connectivity index (χ0n) is 15.5. The number of aliphatic hydroxyl groups excluding tert-OH is 1. The van der Waals surface area contributed by atoms with Gasteiger partial charge in [-0.05, 0) is 31.5 Å². The van der Waals surface area contributed by atoms with Gasteiger partial charge in [-0.3, -0.25) is 9.80 Å². The van der Waals surface area contributed by atoms with Gasteiger partial charge in [0.25, 0.3) is 0 Å². The smallest absolute Gasteiger partial charge is 0.0793 e. The van der Waals surface area contributed by atoms with E-state index in [1.807, 2.05) is 6.07 Å². The highest BCUT2D eigenvalue weighted by Gasteiger charge is 2.26. The average molecular weight is 348 g/mol. The molecule has 5 nitrogen and oxygen atoms in total. The van der Waals surface area contributed by atoms with E-state index in [1.54, 1.807) is 0 Å². The molecule has 0 saturated carbocycles. The second kappa shape index (κ2) is 9.64. The number of benzene rings is 1.